The number of sulfonamides is 1. The summed E-state index contributed by atoms with van der Waals surface area (Å²) in [7, 11) is -4.19. The second kappa shape index (κ2) is 6.87. The van der Waals surface area contributed by atoms with Crippen LogP contribution in [-0.4, -0.2) is 27.1 Å². The van der Waals surface area contributed by atoms with E-state index in [0.717, 1.165) is 0 Å². The Labute approximate surface area is 119 Å². The van der Waals surface area contributed by atoms with Gasteiger partial charge in [0.2, 0.25) is 5.91 Å². The molecule has 118 valence electrons. The van der Waals surface area contributed by atoms with Gasteiger partial charge < -0.3 is 5.32 Å². The zero-order valence-electron chi connectivity index (χ0n) is 10.9. The predicted octanol–water partition coefficient (Wildman–Crippen LogP) is 1.09. The van der Waals surface area contributed by atoms with Crippen LogP contribution in [0.1, 0.15) is 12.5 Å². The molecule has 0 aromatic heterocycles. The first-order valence-electron chi connectivity index (χ1n) is 5.64. The van der Waals surface area contributed by atoms with Crippen LogP contribution >= 0.6 is 0 Å². The highest BCUT2D eigenvalue weighted by Crippen LogP contribution is 2.15. The lowest BCUT2D eigenvalue weighted by Gasteiger charge is -2.09. The van der Waals surface area contributed by atoms with Gasteiger partial charge in [0.1, 0.15) is 0 Å². The molecule has 0 saturated carbocycles. The number of alkyl halides is 3. The first kappa shape index (κ1) is 17.4. The smallest absolute Gasteiger partial charge is 0.352 e. The number of hydrogen-bond acceptors (Lipinski definition) is 4. The van der Waals surface area contributed by atoms with Crippen LogP contribution in [0.25, 0.3) is 0 Å². The molecule has 0 heterocycles. The standard InChI is InChI=1S/C11H13F3N2O4S/c1-8(17)15-6-9-2-4-10(5-3-9)21(18,19)16-20-7-11(12,13)14/h2-5,16H,6-7H2,1H3,(H,15,17). The maximum atomic E-state index is 11.8. The van der Waals surface area contributed by atoms with Crippen LogP contribution in [0, 0.1) is 0 Å². The van der Waals surface area contributed by atoms with Crippen molar-refractivity contribution in [2.75, 3.05) is 6.61 Å². The van der Waals surface area contributed by atoms with E-state index in [1.54, 1.807) is 0 Å². The SMILES string of the molecule is CC(=O)NCc1ccc(S(=O)(=O)NOCC(F)(F)F)cc1. The Hall–Kier alpha value is -1.65. The van der Waals surface area contributed by atoms with Gasteiger partial charge in [0.25, 0.3) is 10.0 Å². The number of amides is 1. The van der Waals surface area contributed by atoms with Crippen LogP contribution in [-0.2, 0) is 26.2 Å². The minimum atomic E-state index is -4.63. The summed E-state index contributed by atoms with van der Waals surface area (Å²) in [6.45, 7) is -0.179. The van der Waals surface area contributed by atoms with Gasteiger partial charge in [-0.1, -0.05) is 17.0 Å². The average molecular weight is 326 g/mol. The summed E-state index contributed by atoms with van der Waals surface area (Å²) < 4.78 is 58.8. The number of rotatable bonds is 6. The number of hydrogen-bond donors (Lipinski definition) is 2. The van der Waals surface area contributed by atoms with Crippen LogP contribution in [0.4, 0.5) is 13.2 Å². The van der Waals surface area contributed by atoms with E-state index in [0.29, 0.717) is 5.56 Å². The van der Waals surface area contributed by atoms with Crippen molar-refractivity contribution >= 4 is 15.9 Å². The van der Waals surface area contributed by atoms with Crippen molar-refractivity contribution in [2.45, 2.75) is 24.5 Å². The summed E-state index contributed by atoms with van der Waals surface area (Å²) >= 11 is 0. The molecule has 0 radical (unpaired) electrons. The molecule has 0 spiro atoms. The molecule has 1 aromatic carbocycles. The topological polar surface area (TPSA) is 84.5 Å². The molecule has 0 aliphatic rings. The Morgan fingerprint density at radius 2 is 1.81 bits per heavy atom. The molecule has 0 saturated heterocycles. The molecule has 1 rings (SSSR count). The maximum Gasteiger partial charge on any atom is 0.413 e. The molecule has 0 aliphatic heterocycles. The van der Waals surface area contributed by atoms with Gasteiger partial charge in [-0.3, -0.25) is 9.63 Å². The van der Waals surface area contributed by atoms with Crippen molar-refractivity contribution in [1.29, 1.82) is 0 Å². The quantitative estimate of drug-likeness (QED) is 0.767. The van der Waals surface area contributed by atoms with Gasteiger partial charge in [0.15, 0.2) is 6.61 Å². The molecule has 0 bridgehead atoms. The molecule has 2 N–H and O–H groups in total. The van der Waals surface area contributed by atoms with Gasteiger partial charge in [0.05, 0.1) is 4.90 Å². The fourth-order valence-corrected chi connectivity index (χ4v) is 2.05. The highest BCUT2D eigenvalue weighted by Gasteiger charge is 2.29. The van der Waals surface area contributed by atoms with E-state index in [-0.39, 0.29) is 17.3 Å². The van der Waals surface area contributed by atoms with Crippen LogP contribution in [0.5, 0.6) is 0 Å². The van der Waals surface area contributed by atoms with E-state index < -0.39 is 22.8 Å². The van der Waals surface area contributed by atoms with E-state index in [2.05, 4.69) is 10.2 Å². The molecular weight excluding hydrogens is 313 g/mol. The molecule has 0 atom stereocenters. The van der Waals surface area contributed by atoms with E-state index in [4.69, 9.17) is 0 Å². The molecule has 10 heteroatoms. The minimum Gasteiger partial charge on any atom is -0.352 e. The Morgan fingerprint density at radius 1 is 1.24 bits per heavy atom. The Bertz CT molecular complexity index is 584. The van der Waals surface area contributed by atoms with Crippen molar-refractivity contribution in [3.8, 4) is 0 Å². The van der Waals surface area contributed by atoms with Gasteiger partial charge in [-0.15, -0.1) is 0 Å². The summed E-state index contributed by atoms with van der Waals surface area (Å²) in [4.78, 5) is 15.8. The fourth-order valence-electron chi connectivity index (χ4n) is 1.25. The Kier molecular flexibility index (Phi) is 5.70. The van der Waals surface area contributed by atoms with Crippen molar-refractivity contribution < 1.29 is 31.2 Å². The average Bonchev–Trinajstić information content (AvgIpc) is 2.35. The fraction of sp³-hybridized carbons (Fsp3) is 0.364. The summed E-state index contributed by atoms with van der Waals surface area (Å²) in [6.07, 6.45) is -4.63. The van der Waals surface area contributed by atoms with Crippen molar-refractivity contribution in [3.05, 3.63) is 29.8 Å². The normalized spacial score (nSPS) is 12.2. The highest BCUT2D eigenvalue weighted by molar-refractivity contribution is 7.89. The molecular formula is C11H13F3N2O4S. The molecule has 0 aliphatic carbocycles. The third-order valence-electron chi connectivity index (χ3n) is 2.18. The number of carbonyl (C=O) groups excluding carboxylic acids is 1. The molecule has 1 aromatic rings. The third-order valence-corrected chi connectivity index (χ3v) is 3.41. The van der Waals surface area contributed by atoms with Crippen molar-refractivity contribution in [1.82, 2.24) is 10.2 Å². The predicted molar refractivity (Wildman–Crippen MR) is 66.3 cm³/mol. The van der Waals surface area contributed by atoms with Crippen LogP contribution in [0.15, 0.2) is 29.2 Å². The van der Waals surface area contributed by atoms with Gasteiger partial charge in [-0.2, -0.15) is 13.2 Å². The Balaban J connectivity index is 2.65. The number of benzene rings is 1. The summed E-state index contributed by atoms with van der Waals surface area (Å²) in [6, 6.07) is 5.23. The lowest BCUT2D eigenvalue weighted by atomic mass is 10.2. The number of carbonyl (C=O) groups is 1. The Morgan fingerprint density at radius 3 is 2.29 bits per heavy atom. The molecule has 6 nitrogen and oxygen atoms in total. The summed E-state index contributed by atoms with van der Waals surface area (Å²) in [5.41, 5.74) is 0.639. The minimum absolute atomic E-state index is 0.216. The van der Waals surface area contributed by atoms with Crippen molar-refractivity contribution in [2.24, 2.45) is 0 Å². The first-order valence-corrected chi connectivity index (χ1v) is 7.12. The van der Waals surface area contributed by atoms with E-state index in [9.17, 15) is 26.4 Å². The summed E-state index contributed by atoms with van der Waals surface area (Å²) in [5.74, 6) is -0.242. The molecule has 0 unspecified atom stereocenters. The molecule has 21 heavy (non-hydrogen) atoms. The van der Waals surface area contributed by atoms with E-state index >= 15 is 0 Å². The second-order valence-corrected chi connectivity index (χ2v) is 5.69. The molecule has 1 amide bonds. The lowest BCUT2D eigenvalue weighted by Crippen LogP contribution is -2.29. The van der Waals surface area contributed by atoms with Gasteiger partial charge in [0, 0.05) is 13.5 Å². The van der Waals surface area contributed by atoms with Crippen molar-refractivity contribution in [3.63, 3.8) is 0 Å². The number of halogens is 3. The molecule has 0 fully saturated rings. The van der Waals surface area contributed by atoms with Crippen LogP contribution in [0.3, 0.4) is 0 Å². The largest absolute Gasteiger partial charge is 0.413 e. The van der Waals surface area contributed by atoms with Gasteiger partial charge in [-0.25, -0.2) is 8.42 Å². The first-order chi connectivity index (χ1) is 9.60. The number of nitrogens with one attached hydrogen (secondary N) is 2. The van der Waals surface area contributed by atoms with Crippen LogP contribution < -0.4 is 10.2 Å². The maximum absolute atomic E-state index is 11.8. The van der Waals surface area contributed by atoms with Crippen LogP contribution in [0.2, 0.25) is 0 Å². The van der Waals surface area contributed by atoms with E-state index in [1.165, 1.54) is 36.1 Å². The van der Waals surface area contributed by atoms with E-state index in [1.807, 2.05) is 0 Å². The zero-order valence-corrected chi connectivity index (χ0v) is 11.7. The van der Waals surface area contributed by atoms with Gasteiger partial charge >= 0.3 is 6.18 Å². The lowest BCUT2D eigenvalue weighted by molar-refractivity contribution is -0.181. The monoisotopic (exact) mass is 326 g/mol. The van der Waals surface area contributed by atoms with Gasteiger partial charge in [-0.05, 0) is 17.7 Å². The summed E-state index contributed by atoms with van der Waals surface area (Å²) in [5, 5.41) is 2.52. The second-order valence-electron chi connectivity index (χ2n) is 4.04. The highest BCUT2D eigenvalue weighted by atomic mass is 32.2. The zero-order chi connectivity index (χ0) is 16.1. The third kappa shape index (κ3) is 6.56.